The van der Waals surface area contributed by atoms with E-state index in [0.717, 1.165) is 19.4 Å². The summed E-state index contributed by atoms with van der Waals surface area (Å²) in [6.07, 6.45) is 1.95. The molecule has 0 aromatic carbocycles. The van der Waals surface area contributed by atoms with Crippen LogP contribution in [0.25, 0.3) is 0 Å². The first-order valence-electron chi connectivity index (χ1n) is 7.68. The fourth-order valence-electron chi connectivity index (χ4n) is 2.98. The van der Waals surface area contributed by atoms with Crippen molar-refractivity contribution in [3.05, 3.63) is 17.6 Å². The quantitative estimate of drug-likeness (QED) is 0.820. The Morgan fingerprint density at radius 3 is 2.71 bits per heavy atom. The average Bonchev–Trinajstić information content (AvgIpc) is 2.93. The number of nitrogens with zero attached hydrogens (tertiary/aromatic N) is 1. The van der Waals surface area contributed by atoms with E-state index >= 15 is 0 Å². The van der Waals surface area contributed by atoms with Crippen molar-refractivity contribution in [2.75, 3.05) is 13.1 Å². The summed E-state index contributed by atoms with van der Waals surface area (Å²) in [4.78, 5) is 0.316. The van der Waals surface area contributed by atoms with Crippen LogP contribution >= 0.6 is 0 Å². The van der Waals surface area contributed by atoms with E-state index in [9.17, 15) is 8.42 Å². The Morgan fingerprint density at radius 1 is 1.43 bits per heavy atom. The molecule has 0 amide bonds. The third kappa shape index (κ3) is 3.49. The lowest BCUT2D eigenvalue weighted by Gasteiger charge is -2.20. The second kappa shape index (κ2) is 6.50. The monoisotopic (exact) mass is 314 g/mol. The molecule has 1 saturated heterocycles. The molecule has 0 spiro atoms. The van der Waals surface area contributed by atoms with Gasteiger partial charge in [0, 0.05) is 18.7 Å². The summed E-state index contributed by atoms with van der Waals surface area (Å²) in [6, 6.07) is 1.73. The van der Waals surface area contributed by atoms with Crippen LogP contribution in [0.5, 0.6) is 0 Å². The fraction of sp³-hybridized carbons (Fsp3) is 0.733. The van der Waals surface area contributed by atoms with Crippen LogP contribution in [0, 0.1) is 12.8 Å². The van der Waals surface area contributed by atoms with Crippen LogP contribution in [-0.4, -0.2) is 31.9 Å². The molecular formula is C15H26N2O3S. The zero-order valence-electron chi connectivity index (χ0n) is 13.3. The lowest BCUT2D eigenvalue weighted by atomic mass is 10.1. The lowest BCUT2D eigenvalue weighted by Crippen LogP contribution is -2.34. The highest BCUT2D eigenvalue weighted by Crippen LogP contribution is 2.31. The average molecular weight is 314 g/mol. The minimum absolute atomic E-state index is 0.0565. The van der Waals surface area contributed by atoms with Gasteiger partial charge in [0.2, 0.25) is 10.0 Å². The number of hydrogen-bond acceptors (Lipinski definition) is 4. The number of sulfonamides is 1. The largest absolute Gasteiger partial charge is 0.464 e. The molecular weight excluding hydrogens is 288 g/mol. The second-order valence-electron chi connectivity index (χ2n) is 6.07. The van der Waals surface area contributed by atoms with Crippen molar-refractivity contribution in [3.63, 3.8) is 0 Å². The molecule has 2 unspecified atom stereocenters. The van der Waals surface area contributed by atoms with Gasteiger partial charge in [-0.25, -0.2) is 8.42 Å². The smallest absolute Gasteiger partial charge is 0.246 e. The minimum Gasteiger partial charge on any atom is -0.464 e. The van der Waals surface area contributed by atoms with Crippen LogP contribution in [0.2, 0.25) is 0 Å². The van der Waals surface area contributed by atoms with Crippen LogP contribution in [0.15, 0.2) is 15.4 Å². The van der Waals surface area contributed by atoms with Gasteiger partial charge >= 0.3 is 0 Å². The van der Waals surface area contributed by atoms with Crippen molar-refractivity contribution in [2.24, 2.45) is 5.92 Å². The summed E-state index contributed by atoms with van der Waals surface area (Å²) in [5, 5.41) is 3.23. The maximum atomic E-state index is 12.8. The first kappa shape index (κ1) is 16.5. The van der Waals surface area contributed by atoms with Crippen LogP contribution < -0.4 is 5.32 Å². The summed E-state index contributed by atoms with van der Waals surface area (Å²) >= 11 is 0. The van der Waals surface area contributed by atoms with E-state index in [1.165, 1.54) is 0 Å². The Hall–Kier alpha value is -0.850. The minimum atomic E-state index is -3.45. The van der Waals surface area contributed by atoms with Crippen LogP contribution in [0.1, 0.15) is 45.1 Å². The maximum Gasteiger partial charge on any atom is 0.246 e. The first-order chi connectivity index (χ1) is 9.86. The zero-order valence-corrected chi connectivity index (χ0v) is 14.2. The summed E-state index contributed by atoms with van der Waals surface area (Å²) in [7, 11) is -3.45. The van der Waals surface area contributed by atoms with Gasteiger partial charge in [0.1, 0.15) is 16.4 Å². The van der Waals surface area contributed by atoms with E-state index in [-0.39, 0.29) is 6.04 Å². The summed E-state index contributed by atoms with van der Waals surface area (Å²) < 4.78 is 32.8. The second-order valence-corrected chi connectivity index (χ2v) is 7.93. The van der Waals surface area contributed by atoms with Gasteiger partial charge in [-0.2, -0.15) is 4.31 Å². The maximum absolute atomic E-state index is 12.8. The highest BCUT2D eigenvalue weighted by atomic mass is 32.2. The first-order valence-corrected chi connectivity index (χ1v) is 9.12. The van der Waals surface area contributed by atoms with E-state index in [1.807, 2.05) is 6.92 Å². The van der Waals surface area contributed by atoms with Crippen molar-refractivity contribution in [1.29, 1.82) is 0 Å². The molecule has 0 bridgehead atoms. The van der Waals surface area contributed by atoms with Crippen molar-refractivity contribution < 1.29 is 12.8 Å². The topological polar surface area (TPSA) is 62.6 Å². The zero-order chi connectivity index (χ0) is 15.6. The summed E-state index contributed by atoms with van der Waals surface area (Å²) in [5.74, 6) is 1.57. The number of furan rings is 1. The Morgan fingerprint density at radius 2 is 2.14 bits per heavy atom. The molecule has 5 nitrogen and oxygen atoms in total. The molecule has 0 radical (unpaired) electrons. The van der Waals surface area contributed by atoms with Gasteiger partial charge in [0.15, 0.2) is 0 Å². The molecule has 2 heterocycles. The van der Waals surface area contributed by atoms with Crippen LogP contribution in [0.3, 0.4) is 0 Å². The van der Waals surface area contributed by atoms with Gasteiger partial charge < -0.3 is 9.73 Å². The van der Waals surface area contributed by atoms with Crippen molar-refractivity contribution in [3.8, 4) is 0 Å². The molecule has 120 valence electrons. The highest BCUT2D eigenvalue weighted by Gasteiger charge is 2.37. The standard InChI is InChI=1S/C15H26N2O3S/c1-5-6-16-9-14-8-15(13(4)20-14)21(18,19)17-10-11(2)7-12(17)3/h8,11-12,16H,5-7,9-10H2,1-4H3. The third-order valence-corrected chi connectivity index (χ3v) is 6.05. The van der Waals surface area contributed by atoms with Gasteiger partial charge in [-0.3, -0.25) is 0 Å². The predicted molar refractivity (Wildman–Crippen MR) is 82.6 cm³/mol. The van der Waals surface area contributed by atoms with E-state index in [1.54, 1.807) is 17.3 Å². The third-order valence-electron chi connectivity index (χ3n) is 3.96. The Balaban J connectivity index is 2.20. The Labute approximate surface area is 127 Å². The lowest BCUT2D eigenvalue weighted by molar-refractivity contribution is 0.403. The predicted octanol–water partition coefficient (Wildman–Crippen LogP) is 2.51. The van der Waals surface area contributed by atoms with Crippen molar-refractivity contribution in [2.45, 2.75) is 58.0 Å². The van der Waals surface area contributed by atoms with E-state index in [0.29, 0.717) is 35.4 Å². The van der Waals surface area contributed by atoms with Gasteiger partial charge in [-0.05, 0) is 39.2 Å². The van der Waals surface area contributed by atoms with Crippen LogP contribution in [0.4, 0.5) is 0 Å². The summed E-state index contributed by atoms with van der Waals surface area (Å²) in [6.45, 7) is 9.93. The molecule has 1 fully saturated rings. The number of hydrogen-bond donors (Lipinski definition) is 1. The van der Waals surface area contributed by atoms with E-state index in [4.69, 9.17) is 4.42 Å². The van der Waals surface area contributed by atoms with Crippen LogP contribution in [-0.2, 0) is 16.6 Å². The number of rotatable bonds is 6. The number of aryl methyl sites for hydroxylation is 1. The Kier molecular flexibility index (Phi) is 5.11. The van der Waals surface area contributed by atoms with Crippen molar-refractivity contribution >= 4 is 10.0 Å². The van der Waals surface area contributed by atoms with E-state index in [2.05, 4.69) is 19.2 Å². The van der Waals surface area contributed by atoms with Gasteiger partial charge in [-0.15, -0.1) is 0 Å². The molecule has 2 atom stereocenters. The van der Waals surface area contributed by atoms with Gasteiger partial charge in [-0.1, -0.05) is 13.8 Å². The molecule has 1 aliphatic heterocycles. The molecule has 1 aromatic heterocycles. The highest BCUT2D eigenvalue weighted by molar-refractivity contribution is 7.89. The van der Waals surface area contributed by atoms with Gasteiger partial charge in [0.25, 0.3) is 0 Å². The molecule has 1 aliphatic rings. The molecule has 0 saturated carbocycles. The van der Waals surface area contributed by atoms with Gasteiger partial charge in [0.05, 0.1) is 6.54 Å². The van der Waals surface area contributed by atoms with Crippen molar-refractivity contribution in [1.82, 2.24) is 9.62 Å². The number of nitrogens with one attached hydrogen (secondary N) is 1. The molecule has 6 heteroatoms. The summed E-state index contributed by atoms with van der Waals surface area (Å²) in [5.41, 5.74) is 0. The molecule has 2 rings (SSSR count). The normalized spacial score (nSPS) is 23.8. The molecule has 0 aliphatic carbocycles. The molecule has 21 heavy (non-hydrogen) atoms. The molecule has 1 aromatic rings. The fourth-order valence-corrected chi connectivity index (χ4v) is 4.93. The van der Waals surface area contributed by atoms with E-state index < -0.39 is 10.0 Å². The SMILES string of the molecule is CCCNCc1cc(S(=O)(=O)N2CC(C)CC2C)c(C)o1. The molecule has 1 N–H and O–H groups in total. The Bertz CT molecular complexity index is 580.